The van der Waals surface area contributed by atoms with Crippen molar-refractivity contribution >= 4 is 11.6 Å². The van der Waals surface area contributed by atoms with Crippen LogP contribution in [0.4, 0.5) is 0 Å². The summed E-state index contributed by atoms with van der Waals surface area (Å²) in [6.07, 6.45) is 2.07. The molecule has 1 saturated heterocycles. The smallest absolute Gasteiger partial charge is 0.119 e. The first-order chi connectivity index (χ1) is 14.7. The van der Waals surface area contributed by atoms with Gasteiger partial charge in [-0.25, -0.2) is 4.68 Å². The largest absolute Gasteiger partial charge is 0.497 e. The van der Waals surface area contributed by atoms with E-state index in [1.807, 2.05) is 53.2 Å². The lowest BCUT2D eigenvalue weighted by atomic mass is 10.1. The highest BCUT2D eigenvalue weighted by Gasteiger charge is 2.15. The number of nitrogens with zero attached hydrogens (tertiary/aromatic N) is 3. The maximum Gasteiger partial charge on any atom is 0.119 e. The molecule has 0 saturated carbocycles. The second kappa shape index (κ2) is 10.1. The van der Waals surface area contributed by atoms with E-state index in [1.54, 1.807) is 7.11 Å². The molecule has 2 aromatic carbocycles. The van der Waals surface area contributed by atoms with Crippen LogP contribution >= 0.6 is 11.6 Å². The van der Waals surface area contributed by atoms with Crippen molar-refractivity contribution in [2.24, 2.45) is 0 Å². The number of hydrogen-bond acceptors (Lipinski definition) is 5. The zero-order valence-corrected chi connectivity index (χ0v) is 17.9. The summed E-state index contributed by atoms with van der Waals surface area (Å²) in [5.74, 6) is 0.822. The fourth-order valence-corrected chi connectivity index (χ4v) is 3.80. The first-order valence-corrected chi connectivity index (χ1v) is 10.6. The molecule has 0 aliphatic carbocycles. The molecule has 0 amide bonds. The van der Waals surface area contributed by atoms with Crippen molar-refractivity contribution in [2.75, 3.05) is 46.5 Å². The van der Waals surface area contributed by atoms with Crippen LogP contribution in [0.1, 0.15) is 5.56 Å². The summed E-state index contributed by atoms with van der Waals surface area (Å²) in [5.41, 5.74) is 3.93. The second-order valence-corrected chi connectivity index (χ2v) is 7.66. The number of hydrogen-bond donors (Lipinski definition) is 1. The van der Waals surface area contributed by atoms with Crippen molar-refractivity contribution in [2.45, 2.75) is 6.54 Å². The average molecular weight is 427 g/mol. The average Bonchev–Trinajstić information content (AvgIpc) is 3.22. The van der Waals surface area contributed by atoms with Gasteiger partial charge in [0, 0.05) is 50.0 Å². The monoisotopic (exact) mass is 426 g/mol. The van der Waals surface area contributed by atoms with Crippen LogP contribution in [0.5, 0.6) is 5.75 Å². The molecule has 158 valence electrons. The molecule has 30 heavy (non-hydrogen) atoms. The SMILES string of the molecule is COc1ccc(-n2cc(CNCCN3CCOCC3)c(-c3ccccc3Cl)n2)cc1. The van der Waals surface area contributed by atoms with Crippen LogP contribution in [-0.4, -0.2) is 61.2 Å². The van der Waals surface area contributed by atoms with Crippen LogP contribution < -0.4 is 10.1 Å². The Balaban J connectivity index is 1.52. The Morgan fingerprint density at radius 3 is 2.60 bits per heavy atom. The Morgan fingerprint density at radius 1 is 1.10 bits per heavy atom. The van der Waals surface area contributed by atoms with E-state index in [0.29, 0.717) is 5.02 Å². The molecule has 0 bridgehead atoms. The third-order valence-electron chi connectivity index (χ3n) is 5.28. The minimum absolute atomic E-state index is 0.701. The van der Waals surface area contributed by atoms with Gasteiger partial charge in [0.15, 0.2) is 0 Å². The van der Waals surface area contributed by atoms with E-state index in [-0.39, 0.29) is 0 Å². The predicted molar refractivity (Wildman–Crippen MR) is 120 cm³/mol. The van der Waals surface area contributed by atoms with Gasteiger partial charge in [-0.1, -0.05) is 29.8 Å². The molecule has 1 fully saturated rings. The molecule has 1 aliphatic rings. The Morgan fingerprint density at radius 2 is 1.87 bits per heavy atom. The Labute approximate surface area is 182 Å². The zero-order chi connectivity index (χ0) is 20.8. The van der Waals surface area contributed by atoms with Gasteiger partial charge in [-0.3, -0.25) is 4.90 Å². The van der Waals surface area contributed by atoms with E-state index >= 15 is 0 Å². The molecule has 4 rings (SSSR count). The summed E-state index contributed by atoms with van der Waals surface area (Å²) in [4.78, 5) is 2.42. The number of ether oxygens (including phenoxy) is 2. The van der Waals surface area contributed by atoms with Crippen LogP contribution in [-0.2, 0) is 11.3 Å². The van der Waals surface area contributed by atoms with Crippen LogP contribution in [0.25, 0.3) is 16.9 Å². The molecular weight excluding hydrogens is 400 g/mol. The highest BCUT2D eigenvalue weighted by atomic mass is 35.5. The summed E-state index contributed by atoms with van der Waals surface area (Å²) >= 11 is 6.48. The van der Waals surface area contributed by atoms with Crippen LogP contribution in [0.2, 0.25) is 5.02 Å². The maximum absolute atomic E-state index is 6.48. The van der Waals surface area contributed by atoms with Crippen LogP contribution in [0, 0.1) is 0 Å². The molecule has 3 aromatic rings. The number of morpholine rings is 1. The number of rotatable bonds is 8. The van der Waals surface area contributed by atoms with Gasteiger partial charge in [-0.2, -0.15) is 5.10 Å². The van der Waals surface area contributed by atoms with Crippen molar-refractivity contribution in [3.63, 3.8) is 0 Å². The van der Waals surface area contributed by atoms with E-state index < -0.39 is 0 Å². The minimum atomic E-state index is 0.701. The molecule has 0 unspecified atom stereocenters. The molecule has 7 heteroatoms. The highest BCUT2D eigenvalue weighted by molar-refractivity contribution is 6.33. The normalized spacial score (nSPS) is 14.7. The van der Waals surface area contributed by atoms with Gasteiger partial charge in [0.1, 0.15) is 5.75 Å². The molecule has 1 aliphatic heterocycles. The van der Waals surface area contributed by atoms with Crippen LogP contribution in [0.15, 0.2) is 54.7 Å². The van der Waals surface area contributed by atoms with Crippen molar-refractivity contribution in [1.29, 1.82) is 0 Å². The molecular formula is C23H27ClN4O2. The number of aromatic nitrogens is 2. The predicted octanol–water partition coefficient (Wildman–Crippen LogP) is 3.62. The second-order valence-electron chi connectivity index (χ2n) is 7.26. The zero-order valence-electron chi connectivity index (χ0n) is 17.2. The van der Waals surface area contributed by atoms with Gasteiger partial charge in [-0.15, -0.1) is 0 Å². The maximum atomic E-state index is 6.48. The summed E-state index contributed by atoms with van der Waals surface area (Å²) < 4.78 is 12.6. The molecule has 6 nitrogen and oxygen atoms in total. The lowest BCUT2D eigenvalue weighted by Gasteiger charge is -2.26. The van der Waals surface area contributed by atoms with Gasteiger partial charge in [0.2, 0.25) is 0 Å². The van der Waals surface area contributed by atoms with Gasteiger partial charge in [-0.05, 0) is 30.3 Å². The van der Waals surface area contributed by atoms with Crippen molar-refractivity contribution < 1.29 is 9.47 Å². The lowest BCUT2D eigenvalue weighted by molar-refractivity contribution is 0.0384. The molecule has 1 N–H and O–H groups in total. The van der Waals surface area contributed by atoms with Crippen molar-refractivity contribution in [3.8, 4) is 22.7 Å². The van der Waals surface area contributed by atoms with Gasteiger partial charge < -0.3 is 14.8 Å². The first-order valence-electron chi connectivity index (χ1n) is 10.2. The topological polar surface area (TPSA) is 51.5 Å². The van der Waals surface area contributed by atoms with E-state index in [4.69, 9.17) is 26.2 Å². The number of nitrogens with one attached hydrogen (secondary N) is 1. The van der Waals surface area contributed by atoms with Crippen molar-refractivity contribution in [3.05, 3.63) is 65.3 Å². The number of halogens is 1. The quantitative estimate of drug-likeness (QED) is 0.557. The standard InChI is InChI=1S/C23H27ClN4O2/c1-29-20-8-6-19(7-9-20)28-17-18(16-25-10-11-27-12-14-30-15-13-27)23(26-28)21-4-2-3-5-22(21)24/h2-9,17,25H,10-16H2,1H3. The third kappa shape index (κ3) is 5.02. The third-order valence-corrected chi connectivity index (χ3v) is 5.61. The molecule has 0 spiro atoms. The van der Waals surface area contributed by atoms with E-state index in [0.717, 1.165) is 74.2 Å². The molecule has 2 heterocycles. The highest BCUT2D eigenvalue weighted by Crippen LogP contribution is 2.30. The number of methoxy groups -OCH3 is 1. The van der Waals surface area contributed by atoms with Gasteiger partial charge >= 0.3 is 0 Å². The van der Waals surface area contributed by atoms with Gasteiger partial charge in [0.05, 0.1) is 36.7 Å². The summed E-state index contributed by atoms with van der Waals surface area (Å²) in [7, 11) is 1.67. The van der Waals surface area contributed by atoms with E-state index in [1.165, 1.54) is 0 Å². The Bertz CT molecular complexity index is 952. The molecule has 1 aromatic heterocycles. The molecule has 0 radical (unpaired) electrons. The number of benzene rings is 2. The fraction of sp³-hybridized carbons (Fsp3) is 0.348. The van der Waals surface area contributed by atoms with Gasteiger partial charge in [0.25, 0.3) is 0 Å². The fourth-order valence-electron chi connectivity index (χ4n) is 3.57. The summed E-state index contributed by atoms with van der Waals surface area (Å²) in [5, 5.41) is 9.12. The van der Waals surface area contributed by atoms with Crippen molar-refractivity contribution in [1.82, 2.24) is 20.0 Å². The van der Waals surface area contributed by atoms with E-state index in [2.05, 4.69) is 16.4 Å². The molecule has 0 atom stereocenters. The Hall–Kier alpha value is -2.38. The van der Waals surface area contributed by atoms with E-state index in [9.17, 15) is 0 Å². The lowest BCUT2D eigenvalue weighted by Crippen LogP contribution is -2.40. The minimum Gasteiger partial charge on any atom is -0.497 e. The Kier molecular flexibility index (Phi) is 7.02. The summed E-state index contributed by atoms with van der Waals surface area (Å²) in [6, 6.07) is 15.7. The summed E-state index contributed by atoms with van der Waals surface area (Å²) in [6.45, 7) is 6.30. The van der Waals surface area contributed by atoms with Crippen LogP contribution in [0.3, 0.4) is 0 Å². The first kappa shape index (κ1) is 20.9.